The Labute approximate surface area is 75.7 Å². The average molecular weight is 181 g/mol. The minimum absolute atomic E-state index is 0.128. The van der Waals surface area contributed by atoms with Crippen LogP contribution in [0, 0.1) is 0 Å². The molecule has 1 aromatic rings. The Kier molecular flexibility index (Phi) is 1.92. The molecule has 5 heteroatoms. The van der Waals surface area contributed by atoms with Crippen molar-refractivity contribution in [2.24, 2.45) is 0 Å². The number of carbonyl (C=O) groups excluding carboxylic acids is 1. The largest absolute Gasteiger partial charge is 0.449 e. The van der Waals surface area contributed by atoms with Crippen LogP contribution < -0.4 is 5.32 Å². The van der Waals surface area contributed by atoms with Crippen LogP contribution in [-0.4, -0.2) is 29.0 Å². The van der Waals surface area contributed by atoms with Crippen LogP contribution in [0.3, 0.4) is 0 Å². The van der Waals surface area contributed by atoms with Gasteiger partial charge in [-0.1, -0.05) is 0 Å². The Morgan fingerprint density at radius 1 is 1.77 bits per heavy atom. The minimum atomic E-state index is -0.128. The van der Waals surface area contributed by atoms with Crippen LogP contribution in [0.25, 0.3) is 0 Å². The van der Waals surface area contributed by atoms with Crippen LogP contribution in [0.15, 0.2) is 17.1 Å². The van der Waals surface area contributed by atoms with Crippen LogP contribution in [0.1, 0.15) is 12.8 Å². The molecule has 0 aromatic carbocycles. The fraction of sp³-hybridized carbons (Fsp3) is 0.500. The van der Waals surface area contributed by atoms with Gasteiger partial charge in [0.1, 0.15) is 6.26 Å². The molecular formula is C8H11N3O2. The van der Waals surface area contributed by atoms with E-state index in [9.17, 15) is 4.79 Å². The summed E-state index contributed by atoms with van der Waals surface area (Å²) in [4.78, 5) is 16.9. The number of rotatable bonds is 2. The lowest BCUT2D eigenvalue weighted by Gasteiger charge is -2.15. The standard InChI is InChI=1S/C8H11N3O2/c1-11(6-2-3-6)8(12)10-7-4-13-5-9-7/h4-6H,2-3H2,1H3,(H,10,12). The van der Waals surface area contributed by atoms with E-state index in [1.165, 1.54) is 12.7 Å². The molecule has 2 amide bonds. The van der Waals surface area contributed by atoms with Crippen molar-refractivity contribution < 1.29 is 9.21 Å². The summed E-state index contributed by atoms with van der Waals surface area (Å²) in [7, 11) is 1.78. The lowest BCUT2D eigenvalue weighted by Crippen LogP contribution is -2.33. The molecule has 1 aliphatic carbocycles. The fourth-order valence-electron chi connectivity index (χ4n) is 1.10. The molecule has 1 heterocycles. The third-order valence-electron chi connectivity index (χ3n) is 2.08. The predicted molar refractivity (Wildman–Crippen MR) is 46.3 cm³/mol. The number of hydrogen-bond donors (Lipinski definition) is 1. The van der Waals surface area contributed by atoms with E-state index in [0.717, 1.165) is 12.8 Å². The Morgan fingerprint density at radius 2 is 2.54 bits per heavy atom. The average Bonchev–Trinajstić information content (AvgIpc) is 2.85. The van der Waals surface area contributed by atoms with Crippen molar-refractivity contribution in [3.8, 4) is 0 Å². The van der Waals surface area contributed by atoms with E-state index in [0.29, 0.717) is 11.9 Å². The van der Waals surface area contributed by atoms with Crippen LogP contribution in [0.2, 0.25) is 0 Å². The first-order chi connectivity index (χ1) is 6.27. The first kappa shape index (κ1) is 8.10. The van der Waals surface area contributed by atoms with Gasteiger partial charge in [-0.15, -0.1) is 0 Å². The molecule has 5 nitrogen and oxygen atoms in total. The molecule has 0 atom stereocenters. The van der Waals surface area contributed by atoms with Crippen molar-refractivity contribution >= 4 is 11.8 Å². The number of oxazole rings is 1. The maximum Gasteiger partial charge on any atom is 0.323 e. The van der Waals surface area contributed by atoms with Gasteiger partial charge in [0, 0.05) is 13.1 Å². The third kappa shape index (κ3) is 1.80. The molecular weight excluding hydrogens is 170 g/mol. The molecule has 0 saturated heterocycles. The van der Waals surface area contributed by atoms with Crippen molar-refractivity contribution in [2.45, 2.75) is 18.9 Å². The summed E-state index contributed by atoms with van der Waals surface area (Å²) in [5.41, 5.74) is 0. The van der Waals surface area contributed by atoms with Gasteiger partial charge in [-0.05, 0) is 12.8 Å². The van der Waals surface area contributed by atoms with E-state index in [4.69, 9.17) is 4.42 Å². The lowest BCUT2D eigenvalue weighted by atomic mass is 10.6. The second-order valence-electron chi connectivity index (χ2n) is 3.15. The first-order valence-corrected chi connectivity index (χ1v) is 4.19. The molecule has 1 fully saturated rings. The highest BCUT2D eigenvalue weighted by atomic mass is 16.3. The zero-order chi connectivity index (χ0) is 9.26. The van der Waals surface area contributed by atoms with Crippen LogP contribution >= 0.6 is 0 Å². The van der Waals surface area contributed by atoms with Crippen LogP contribution in [0.5, 0.6) is 0 Å². The molecule has 13 heavy (non-hydrogen) atoms. The Bertz CT molecular complexity index is 292. The molecule has 0 bridgehead atoms. The zero-order valence-corrected chi connectivity index (χ0v) is 7.36. The number of anilines is 1. The molecule has 0 spiro atoms. The molecule has 1 saturated carbocycles. The monoisotopic (exact) mass is 181 g/mol. The number of urea groups is 1. The lowest BCUT2D eigenvalue weighted by molar-refractivity contribution is 0.220. The topological polar surface area (TPSA) is 58.4 Å². The molecule has 0 radical (unpaired) electrons. The summed E-state index contributed by atoms with van der Waals surface area (Å²) in [5.74, 6) is 0.456. The second kappa shape index (κ2) is 3.08. The number of nitrogens with zero attached hydrogens (tertiary/aromatic N) is 2. The van der Waals surface area contributed by atoms with E-state index in [1.807, 2.05) is 0 Å². The van der Waals surface area contributed by atoms with Gasteiger partial charge in [0.05, 0.1) is 0 Å². The second-order valence-corrected chi connectivity index (χ2v) is 3.15. The smallest absolute Gasteiger partial charge is 0.323 e. The first-order valence-electron chi connectivity index (χ1n) is 4.19. The highest BCUT2D eigenvalue weighted by Gasteiger charge is 2.29. The SMILES string of the molecule is CN(C(=O)Nc1cocn1)C1CC1. The predicted octanol–water partition coefficient (Wildman–Crippen LogP) is 1.30. The zero-order valence-electron chi connectivity index (χ0n) is 7.36. The number of amides is 2. The number of hydrogen-bond acceptors (Lipinski definition) is 3. The van der Waals surface area contributed by atoms with Gasteiger partial charge >= 0.3 is 6.03 Å². The molecule has 1 aromatic heterocycles. The van der Waals surface area contributed by atoms with Crippen molar-refractivity contribution in [3.05, 3.63) is 12.7 Å². The molecule has 0 unspecified atom stereocenters. The highest BCUT2D eigenvalue weighted by Crippen LogP contribution is 2.25. The van der Waals surface area contributed by atoms with E-state index in [-0.39, 0.29) is 6.03 Å². The van der Waals surface area contributed by atoms with E-state index < -0.39 is 0 Å². The van der Waals surface area contributed by atoms with Crippen molar-refractivity contribution in [2.75, 3.05) is 12.4 Å². The number of carbonyl (C=O) groups is 1. The summed E-state index contributed by atoms with van der Waals surface area (Å²) >= 11 is 0. The van der Waals surface area contributed by atoms with Crippen molar-refractivity contribution in [1.82, 2.24) is 9.88 Å². The van der Waals surface area contributed by atoms with Gasteiger partial charge in [0.2, 0.25) is 0 Å². The van der Waals surface area contributed by atoms with Crippen LogP contribution in [0.4, 0.5) is 10.6 Å². The number of aromatic nitrogens is 1. The van der Waals surface area contributed by atoms with Gasteiger partial charge in [-0.3, -0.25) is 5.32 Å². The van der Waals surface area contributed by atoms with Gasteiger partial charge < -0.3 is 9.32 Å². The molecule has 0 aliphatic heterocycles. The Balaban J connectivity index is 1.90. The minimum Gasteiger partial charge on any atom is -0.449 e. The summed E-state index contributed by atoms with van der Waals surface area (Å²) in [6.07, 6.45) is 4.89. The van der Waals surface area contributed by atoms with Crippen LogP contribution in [-0.2, 0) is 0 Å². The summed E-state index contributed by atoms with van der Waals surface area (Å²) in [6.45, 7) is 0. The van der Waals surface area contributed by atoms with E-state index in [2.05, 4.69) is 10.3 Å². The Hall–Kier alpha value is -1.52. The van der Waals surface area contributed by atoms with Gasteiger partial charge in [0.25, 0.3) is 0 Å². The molecule has 70 valence electrons. The Morgan fingerprint density at radius 3 is 3.08 bits per heavy atom. The molecule has 1 N–H and O–H groups in total. The normalized spacial score (nSPS) is 15.5. The molecule has 2 rings (SSSR count). The maximum atomic E-state index is 11.4. The van der Waals surface area contributed by atoms with Crippen molar-refractivity contribution in [3.63, 3.8) is 0 Å². The molecule has 1 aliphatic rings. The van der Waals surface area contributed by atoms with E-state index in [1.54, 1.807) is 11.9 Å². The summed E-state index contributed by atoms with van der Waals surface area (Å²) in [6, 6.07) is 0.281. The quantitative estimate of drug-likeness (QED) is 0.748. The van der Waals surface area contributed by atoms with Gasteiger partial charge in [-0.2, -0.15) is 4.98 Å². The van der Waals surface area contributed by atoms with Crippen molar-refractivity contribution in [1.29, 1.82) is 0 Å². The van der Waals surface area contributed by atoms with Gasteiger partial charge in [-0.25, -0.2) is 4.79 Å². The highest BCUT2D eigenvalue weighted by molar-refractivity contribution is 5.88. The van der Waals surface area contributed by atoms with Gasteiger partial charge in [0.15, 0.2) is 12.2 Å². The third-order valence-corrected chi connectivity index (χ3v) is 2.08. The maximum absolute atomic E-state index is 11.4. The number of nitrogens with one attached hydrogen (secondary N) is 1. The fourth-order valence-corrected chi connectivity index (χ4v) is 1.10. The van der Waals surface area contributed by atoms with E-state index >= 15 is 0 Å². The summed E-state index contributed by atoms with van der Waals surface area (Å²) < 4.78 is 4.73. The summed E-state index contributed by atoms with van der Waals surface area (Å²) in [5, 5.41) is 2.63.